The van der Waals surface area contributed by atoms with Crippen LogP contribution in [0.3, 0.4) is 0 Å². The van der Waals surface area contributed by atoms with E-state index in [9.17, 15) is 9.90 Å². The Balaban J connectivity index is 1.31. The Bertz CT molecular complexity index is 835. The highest BCUT2D eigenvalue weighted by Gasteiger charge is 2.58. The summed E-state index contributed by atoms with van der Waals surface area (Å²) in [6.45, 7) is 6.93. The minimum atomic E-state index is -0.430. The molecule has 0 aromatic heterocycles. The van der Waals surface area contributed by atoms with E-state index in [0.29, 0.717) is 11.3 Å². The van der Waals surface area contributed by atoms with Gasteiger partial charge in [0.2, 0.25) is 0 Å². The molecule has 4 fully saturated rings. The van der Waals surface area contributed by atoms with Gasteiger partial charge in [0.05, 0.1) is 5.60 Å². The second-order valence-electron chi connectivity index (χ2n) is 12.4. The van der Waals surface area contributed by atoms with E-state index < -0.39 is 5.60 Å². The number of carbonyl (C=O) groups excluding carboxylic acids is 1. The zero-order chi connectivity index (χ0) is 22.7. The number of carbonyl (C=O) groups is 1. The second kappa shape index (κ2) is 8.15. The first kappa shape index (κ1) is 22.4. The lowest BCUT2D eigenvalue weighted by Gasteiger charge is -2.57. The van der Waals surface area contributed by atoms with Gasteiger partial charge in [0, 0.05) is 18.7 Å². The van der Waals surface area contributed by atoms with Gasteiger partial charge in [-0.3, -0.25) is 4.79 Å². The Kier molecular flexibility index (Phi) is 5.72. The molecular formula is C29H43NO2. The first-order valence-electron chi connectivity index (χ1n) is 13.3. The molecule has 0 radical (unpaired) electrons. The van der Waals surface area contributed by atoms with Crippen LogP contribution in [0, 0.1) is 40.9 Å². The van der Waals surface area contributed by atoms with E-state index in [1.807, 2.05) is 42.3 Å². The summed E-state index contributed by atoms with van der Waals surface area (Å²) in [5.41, 5.74) is 0.733. The minimum absolute atomic E-state index is 0.161. The number of fused-ring (bicyclic) bond motifs is 5. The highest BCUT2D eigenvalue weighted by atomic mass is 16.3. The van der Waals surface area contributed by atoms with Crippen LogP contribution in [0.15, 0.2) is 30.3 Å². The highest BCUT2D eigenvalue weighted by molar-refractivity contribution is 5.94. The summed E-state index contributed by atoms with van der Waals surface area (Å²) >= 11 is 0. The van der Waals surface area contributed by atoms with Crippen molar-refractivity contribution in [3.8, 4) is 0 Å². The fraction of sp³-hybridized carbons (Fsp3) is 0.759. The van der Waals surface area contributed by atoms with Gasteiger partial charge in [0.25, 0.3) is 5.91 Å². The predicted molar refractivity (Wildman–Crippen MR) is 129 cm³/mol. The monoisotopic (exact) mass is 437 g/mol. The number of hydrogen-bond acceptors (Lipinski definition) is 2. The Morgan fingerprint density at radius 1 is 0.969 bits per heavy atom. The van der Waals surface area contributed by atoms with Crippen molar-refractivity contribution in [3.63, 3.8) is 0 Å². The molecule has 3 nitrogen and oxygen atoms in total. The van der Waals surface area contributed by atoms with E-state index in [1.54, 1.807) is 0 Å². The summed E-state index contributed by atoms with van der Waals surface area (Å²) in [6, 6.07) is 10.0. The number of nitrogens with zero attached hydrogens (tertiary/aromatic N) is 1. The third-order valence-electron chi connectivity index (χ3n) is 10.8. The lowest BCUT2D eigenvalue weighted by atomic mass is 9.48. The largest absolute Gasteiger partial charge is 0.390 e. The van der Waals surface area contributed by atoms with Gasteiger partial charge in [-0.25, -0.2) is 0 Å². The molecule has 32 heavy (non-hydrogen) atoms. The van der Waals surface area contributed by atoms with Gasteiger partial charge in [-0.05, 0) is 125 Å². The molecule has 4 aliphatic rings. The predicted octanol–water partition coefficient (Wildman–Crippen LogP) is 6.17. The summed E-state index contributed by atoms with van der Waals surface area (Å²) in [7, 11) is 2.02. The minimum Gasteiger partial charge on any atom is -0.390 e. The molecule has 9 atom stereocenters. The van der Waals surface area contributed by atoms with Crippen molar-refractivity contribution >= 4 is 5.91 Å². The topological polar surface area (TPSA) is 40.5 Å². The van der Waals surface area contributed by atoms with Crippen molar-refractivity contribution in [1.82, 2.24) is 4.90 Å². The number of benzene rings is 1. The Morgan fingerprint density at radius 2 is 1.69 bits per heavy atom. The van der Waals surface area contributed by atoms with E-state index in [0.717, 1.165) is 48.0 Å². The van der Waals surface area contributed by atoms with Crippen LogP contribution in [0.2, 0.25) is 0 Å². The molecule has 0 spiro atoms. The second-order valence-corrected chi connectivity index (χ2v) is 12.4. The smallest absolute Gasteiger partial charge is 0.253 e. The van der Waals surface area contributed by atoms with Gasteiger partial charge < -0.3 is 10.0 Å². The maximum atomic E-state index is 13.2. The highest BCUT2D eigenvalue weighted by Crippen LogP contribution is 2.65. The maximum absolute atomic E-state index is 13.2. The molecule has 3 heteroatoms. The number of hydrogen-bond donors (Lipinski definition) is 1. The standard InChI is InChI=1S/C29H43NO2/c1-19(30(4)27(31)20-8-6-5-7-9-20)25-12-13-26-24-11-10-21-18-28(2,32)16-14-22(21)23(24)15-17-29(25,26)3/h5-9,19,21-26,32H,10-18H2,1-4H3/t19-,21+,22-,23+,24+,25+,26-,28+,29+/m0/s1. The third kappa shape index (κ3) is 3.63. The molecule has 4 saturated carbocycles. The number of aliphatic hydroxyl groups is 1. The summed E-state index contributed by atoms with van der Waals surface area (Å²) in [4.78, 5) is 15.2. The number of amides is 1. The van der Waals surface area contributed by atoms with Crippen LogP contribution in [0.4, 0.5) is 0 Å². The van der Waals surface area contributed by atoms with Gasteiger partial charge in [0.15, 0.2) is 0 Å². The molecule has 0 heterocycles. The van der Waals surface area contributed by atoms with Crippen LogP contribution in [-0.2, 0) is 0 Å². The first-order chi connectivity index (χ1) is 15.2. The molecular weight excluding hydrogens is 394 g/mol. The zero-order valence-corrected chi connectivity index (χ0v) is 20.6. The SMILES string of the molecule is C[C@@H]([C@H]1CC[C@H]2[C@@H]3CC[C@@H]4C[C@](C)(O)CC[C@@H]4[C@H]3CC[C@]12C)N(C)C(=O)c1ccccc1. The van der Waals surface area contributed by atoms with Gasteiger partial charge in [0.1, 0.15) is 0 Å². The van der Waals surface area contributed by atoms with Gasteiger partial charge in [-0.2, -0.15) is 0 Å². The van der Waals surface area contributed by atoms with Crippen molar-refractivity contribution in [1.29, 1.82) is 0 Å². The van der Waals surface area contributed by atoms with E-state index in [1.165, 1.54) is 44.9 Å². The molecule has 0 aliphatic heterocycles. The van der Waals surface area contributed by atoms with E-state index in [2.05, 4.69) is 20.8 Å². The fourth-order valence-electron chi connectivity index (χ4n) is 9.15. The normalized spacial score (nSPS) is 44.2. The average Bonchev–Trinajstić information content (AvgIpc) is 3.14. The van der Waals surface area contributed by atoms with Crippen molar-refractivity contribution in [3.05, 3.63) is 35.9 Å². The molecule has 176 valence electrons. The third-order valence-corrected chi connectivity index (χ3v) is 10.8. The molecule has 1 aromatic carbocycles. The summed E-state index contributed by atoms with van der Waals surface area (Å²) in [5.74, 6) is 4.90. The first-order valence-corrected chi connectivity index (χ1v) is 13.3. The van der Waals surface area contributed by atoms with Crippen LogP contribution in [-0.4, -0.2) is 34.6 Å². The van der Waals surface area contributed by atoms with Crippen LogP contribution in [0.25, 0.3) is 0 Å². The average molecular weight is 438 g/mol. The molecule has 4 aliphatic carbocycles. The Labute approximate surface area is 195 Å². The van der Waals surface area contributed by atoms with Crippen LogP contribution < -0.4 is 0 Å². The van der Waals surface area contributed by atoms with E-state index in [-0.39, 0.29) is 11.9 Å². The zero-order valence-electron chi connectivity index (χ0n) is 20.6. The molecule has 0 bridgehead atoms. The molecule has 0 saturated heterocycles. The van der Waals surface area contributed by atoms with Crippen molar-refractivity contribution in [2.24, 2.45) is 40.9 Å². The maximum Gasteiger partial charge on any atom is 0.253 e. The summed E-state index contributed by atoms with van der Waals surface area (Å²) in [5, 5.41) is 10.6. The van der Waals surface area contributed by atoms with Crippen LogP contribution in [0.5, 0.6) is 0 Å². The van der Waals surface area contributed by atoms with E-state index >= 15 is 0 Å². The van der Waals surface area contributed by atoms with Crippen molar-refractivity contribution in [2.75, 3.05) is 7.05 Å². The fourth-order valence-corrected chi connectivity index (χ4v) is 9.15. The lowest BCUT2D eigenvalue weighted by molar-refractivity contribution is -0.103. The van der Waals surface area contributed by atoms with Crippen LogP contribution >= 0.6 is 0 Å². The molecule has 5 rings (SSSR count). The van der Waals surface area contributed by atoms with Gasteiger partial charge in [-0.15, -0.1) is 0 Å². The summed E-state index contributed by atoms with van der Waals surface area (Å²) in [6.07, 6.45) is 11.2. The number of rotatable bonds is 3. The summed E-state index contributed by atoms with van der Waals surface area (Å²) < 4.78 is 0. The Hall–Kier alpha value is -1.35. The van der Waals surface area contributed by atoms with Crippen molar-refractivity contribution < 1.29 is 9.90 Å². The van der Waals surface area contributed by atoms with E-state index in [4.69, 9.17) is 0 Å². The van der Waals surface area contributed by atoms with Crippen LogP contribution in [0.1, 0.15) is 88.9 Å². The molecule has 0 unspecified atom stereocenters. The molecule has 1 aromatic rings. The van der Waals surface area contributed by atoms with Gasteiger partial charge >= 0.3 is 0 Å². The quantitative estimate of drug-likeness (QED) is 0.614. The Morgan fingerprint density at radius 3 is 2.44 bits per heavy atom. The molecule has 1 amide bonds. The van der Waals surface area contributed by atoms with Gasteiger partial charge in [-0.1, -0.05) is 25.1 Å². The van der Waals surface area contributed by atoms with Crippen molar-refractivity contribution in [2.45, 2.75) is 90.2 Å². The lowest BCUT2D eigenvalue weighted by Crippen LogP contribution is -2.52. The molecule has 1 N–H and O–H groups in total.